The van der Waals surface area contributed by atoms with Crippen LogP contribution in [0.25, 0.3) is 0 Å². The highest BCUT2D eigenvalue weighted by atomic mass is 35.5. The molecule has 0 atom stereocenters. The van der Waals surface area contributed by atoms with Crippen LogP contribution in [0.2, 0.25) is 5.02 Å². The van der Waals surface area contributed by atoms with E-state index < -0.39 is 30.3 Å². The van der Waals surface area contributed by atoms with E-state index in [0.29, 0.717) is 16.1 Å². The van der Waals surface area contributed by atoms with Gasteiger partial charge in [-0.2, -0.15) is 0 Å². The summed E-state index contributed by atoms with van der Waals surface area (Å²) in [5.74, 6) is -0.928. The van der Waals surface area contributed by atoms with Crippen molar-refractivity contribution in [3.63, 3.8) is 0 Å². The molecule has 0 saturated carbocycles. The van der Waals surface area contributed by atoms with Crippen molar-refractivity contribution in [3.8, 4) is 0 Å². The molecule has 0 aromatic heterocycles. The average Bonchev–Trinajstić information content (AvgIpc) is 2.48. The van der Waals surface area contributed by atoms with E-state index in [1.807, 2.05) is 0 Å². The van der Waals surface area contributed by atoms with Gasteiger partial charge >= 0.3 is 0 Å². The van der Waals surface area contributed by atoms with Crippen LogP contribution in [0.5, 0.6) is 0 Å². The molecule has 2 aromatic rings. The summed E-state index contributed by atoms with van der Waals surface area (Å²) in [6.07, 6.45) is 0.0973. The predicted molar refractivity (Wildman–Crippen MR) is 77.4 cm³/mol. The Labute approximate surface area is 126 Å². The minimum atomic E-state index is -1.13. The Kier molecular flexibility index (Phi) is 4.93. The Balaban J connectivity index is 2.45. The molecule has 0 aliphatic carbocycles. The summed E-state index contributed by atoms with van der Waals surface area (Å²) in [4.78, 5) is 0. The standard InChI is InChI=1S/C16H15ClF2O2/c17-15-5-4-14(19)6-11(15)8-16(9-20,10-21)12-2-1-3-13(18)7-12/h1-7,20-21H,8-10H2. The van der Waals surface area contributed by atoms with E-state index in [-0.39, 0.29) is 6.42 Å². The third-order valence-electron chi connectivity index (χ3n) is 3.58. The minimum absolute atomic E-state index is 0.0973. The van der Waals surface area contributed by atoms with Crippen molar-refractivity contribution in [2.45, 2.75) is 11.8 Å². The van der Waals surface area contributed by atoms with Crippen molar-refractivity contribution in [2.75, 3.05) is 13.2 Å². The third kappa shape index (κ3) is 3.40. The van der Waals surface area contributed by atoms with Crippen molar-refractivity contribution in [2.24, 2.45) is 0 Å². The Morgan fingerprint density at radius 2 is 1.62 bits per heavy atom. The summed E-state index contributed by atoms with van der Waals surface area (Å²) in [5.41, 5.74) is -0.239. The molecular weight excluding hydrogens is 298 g/mol. The summed E-state index contributed by atoms with van der Waals surface area (Å²) in [6, 6.07) is 9.53. The third-order valence-corrected chi connectivity index (χ3v) is 3.95. The number of aliphatic hydroxyl groups is 2. The Hall–Kier alpha value is -1.49. The number of benzene rings is 2. The number of rotatable bonds is 5. The second-order valence-corrected chi connectivity index (χ2v) is 5.43. The molecule has 2 nitrogen and oxygen atoms in total. The minimum Gasteiger partial charge on any atom is -0.395 e. The van der Waals surface area contributed by atoms with E-state index in [1.54, 1.807) is 6.07 Å². The van der Waals surface area contributed by atoms with Gasteiger partial charge in [-0.05, 0) is 47.9 Å². The van der Waals surface area contributed by atoms with Crippen LogP contribution in [0, 0.1) is 11.6 Å². The molecule has 0 amide bonds. The van der Waals surface area contributed by atoms with Gasteiger partial charge in [-0.25, -0.2) is 8.78 Å². The number of halogens is 3. The van der Waals surface area contributed by atoms with E-state index in [4.69, 9.17) is 11.6 Å². The predicted octanol–water partition coefficient (Wildman–Crippen LogP) is 3.08. The zero-order valence-electron chi connectivity index (χ0n) is 11.2. The topological polar surface area (TPSA) is 40.5 Å². The molecular formula is C16H15ClF2O2. The summed E-state index contributed by atoms with van der Waals surface area (Å²) in [5, 5.41) is 19.8. The molecule has 0 aliphatic rings. The monoisotopic (exact) mass is 312 g/mol. The highest BCUT2D eigenvalue weighted by Crippen LogP contribution is 2.31. The Bertz CT molecular complexity index is 627. The van der Waals surface area contributed by atoms with Crippen LogP contribution in [0.15, 0.2) is 42.5 Å². The number of hydrogen-bond donors (Lipinski definition) is 2. The van der Waals surface area contributed by atoms with Gasteiger partial charge < -0.3 is 10.2 Å². The molecule has 0 fully saturated rings. The van der Waals surface area contributed by atoms with Crippen LogP contribution in [0.3, 0.4) is 0 Å². The molecule has 0 heterocycles. The highest BCUT2D eigenvalue weighted by Gasteiger charge is 2.32. The summed E-state index contributed by atoms with van der Waals surface area (Å²) < 4.78 is 26.8. The smallest absolute Gasteiger partial charge is 0.123 e. The molecule has 21 heavy (non-hydrogen) atoms. The maximum absolute atomic E-state index is 13.4. The van der Waals surface area contributed by atoms with Gasteiger partial charge in [-0.1, -0.05) is 23.7 Å². The normalized spacial score (nSPS) is 11.7. The molecule has 0 bridgehead atoms. The molecule has 2 N–H and O–H groups in total. The molecule has 5 heteroatoms. The van der Waals surface area contributed by atoms with E-state index >= 15 is 0 Å². The molecule has 2 rings (SSSR count). The van der Waals surface area contributed by atoms with Crippen LogP contribution in [0.1, 0.15) is 11.1 Å². The SMILES string of the molecule is OCC(CO)(Cc1cc(F)ccc1Cl)c1cccc(F)c1. The van der Waals surface area contributed by atoms with Crippen LogP contribution in [-0.2, 0) is 11.8 Å². The first kappa shape index (κ1) is 15.9. The maximum Gasteiger partial charge on any atom is 0.123 e. The van der Waals surface area contributed by atoms with Crippen molar-refractivity contribution in [1.82, 2.24) is 0 Å². The maximum atomic E-state index is 13.4. The van der Waals surface area contributed by atoms with E-state index in [1.165, 1.54) is 36.4 Å². The lowest BCUT2D eigenvalue weighted by Gasteiger charge is -2.31. The van der Waals surface area contributed by atoms with E-state index in [0.717, 1.165) is 0 Å². The quantitative estimate of drug-likeness (QED) is 0.891. The van der Waals surface area contributed by atoms with Crippen molar-refractivity contribution < 1.29 is 19.0 Å². The summed E-state index contributed by atoms with van der Waals surface area (Å²) >= 11 is 6.03. The van der Waals surface area contributed by atoms with Gasteiger partial charge in [0.1, 0.15) is 11.6 Å². The lowest BCUT2D eigenvalue weighted by atomic mass is 9.77. The number of aliphatic hydroxyl groups excluding tert-OH is 2. The first-order valence-corrected chi connectivity index (χ1v) is 6.80. The lowest BCUT2D eigenvalue weighted by molar-refractivity contribution is 0.116. The molecule has 0 saturated heterocycles. The largest absolute Gasteiger partial charge is 0.395 e. The first-order valence-electron chi connectivity index (χ1n) is 6.42. The van der Waals surface area contributed by atoms with Gasteiger partial charge in [0, 0.05) is 10.4 Å². The van der Waals surface area contributed by atoms with Gasteiger partial charge in [0.05, 0.1) is 13.2 Å². The second kappa shape index (κ2) is 6.52. The van der Waals surface area contributed by atoms with Crippen molar-refractivity contribution >= 4 is 11.6 Å². The molecule has 0 unspecified atom stereocenters. The Morgan fingerprint density at radius 1 is 0.952 bits per heavy atom. The zero-order valence-corrected chi connectivity index (χ0v) is 11.9. The first-order chi connectivity index (χ1) is 10.0. The number of hydrogen-bond acceptors (Lipinski definition) is 2. The van der Waals surface area contributed by atoms with Gasteiger partial charge in [0.2, 0.25) is 0 Å². The van der Waals surface area contributed by atoms with Crippen LogP contribution >= 0.6 is 11.6 Å². The zero-order chi connectivity index (χ0) is 15.5. The average molecular weight is 313 g/mol. The molecule has 0 aliphatic heterocycles. The molecule has 0 spiro atoms. The molecule has 0 radical (unpaired) electrons. The van der Waals surface area contributed by atoms with Crippen molar-refractivity contribution in [1.29, 1.82) is 0 Å². The Morgan fingerprint density at radius 3 is 2.24 bits per heavy atom. The van der Waals surface area contributed by atoms with Crippen LogP contribution in [0.4, 0.5) is 8.78 Å². The lowest BCUT2D eigenvalue weighted by Crippen LogP contribution is -2.37. The fourth-order valence-electron chi connectivity index (χ4n) is 2.31. The van der Waals surface area contributed by atoms with Crippen molar-refractivity contribution in [3.05, 3.63) is 70.2 Å². The summed E-state index contributed by atoms with van der Waals surface area (Å²) in [7, 11) is 0. The summed E-state index contributed by atoms with van der Waals surface area (Å²) in [6.45, 7) is -0.834. The van der Waals surface area contributed by atoms with Gasteiger partial charge in [-0.3, -0.25) is 0 Å². The second-order valence-electron chi connectivity index (χ2n) is 5.02. The van der Waals surface area contributed by atoms with E-state index in [2.05, 4.69) is 0 Å². The highest BCUT2D eigenvalue weighted by molar-refractivity contribution is 6.31. The fraction of sp³-hybridized carbons (Fsp3) is 0.250. The van der Waals surface area contributed by atoms with Crippen LogP contribution in [-0.4, -0.2) is 23.4 Å². The van der Waals surface area contributed by atoms with E-state index in [9.17, 15) is 19.0 Å². The van der Waals surface area contributed by atoms with Gasteiger partial charge in [0.15, 0.2) is 0 Å². The van der Waals surface area contributed by atoms with Crippen LogP contribution < -0.4 is 0 Å². The fourth-order valence-corrected chi connectivity index (χ4v) is 2.49. The molecule has 2 aromatic carbocycles. The molecule has 112 valence electrons. The van der Waals surface area contributed by atoms with Gasteiger partial charge in [-0.15, -0.1) is 0 Å². The van der Waals surface area contributed by atoms with Gasteiger partial charge in [0.25, 0.3) is 0 Å².